The van der Waals surface area contributed by atoms with Crippen LogP contribution in [0.4, 0.5) is 0 Å². The quantitative estimate of drug-likeness (QED) is 0.676. The molecule has 0 radical (unpaired) electrons. The van der Waals surface area contributed by atoms with Gasteiger partial charge in [0.15, 0.2) is 0 Å². The summed E-state index contributed by atoms with van der Waals surface area (Å²) in [7, 11) is -3.75. The van der Waals surface area contributed by atoms with E-state index in [1.807, 2.05) is 0 Å². The second-order valence-corrected chi connectivity index (χ2v) is 6.88. The third kappa shape index (κ3) is 4.26. The summed E-state index contributed by atoms with van der Waals surface area (Å²) >= 11 is 0. The van der Waals surface area contributed by atoms with Crippen molar-refractivity contribution in [2.75, 3.05) is 0 Å². The molecule has 21 heavy (non-hydrogen) atoms. The lowest BCUT2D eigenvalue weighted by atomic mass is 9.93. The summed E-state index contributed by atoms with van der Waals surface area (Å²) in [5, 5.41) is 22.2. The van der Waals surface area contributed by atoms with Crippen LogP contribution in [0.15, 0.2) is 17.3 Å². The first-order chi connectivity index (χ1) is 9.88. The fourth-order valence-corrected chi connectivity index (χ4v) is 3.59. The number of nitrogens with zero attached hydrogens (tertiary/aromatic N) is 2. The van der Waals surface area contributed by atoms with Crippen LogP contribution in [0.2, 0.25) is 0 Å². The van der Waals surface area contributed by atoms with Crippen molar-refractivity contribution in [3.05, 3.63) is 12.4 Å². The number of hydrogen-bond acceptors (Lipinski definition) is 5. The number of rotatable bonds is 6. The number of aliphatic hydroxyl groups is 1. The van der Waals surface area contributed by atoms with E-state index in [4.69, 9.17) is 5.11 Å². The van der Waals surface area contributed by atoms with Crippen LogP contribution in [0.1, 0.15) is 32.1 Å². The molecule has 0 spiro atoms. The standard InChI is InChI=1S/C12H19N3O5S/c16-11-4-2-1-3-10(11)14-21(19,20)9-7-13-15(8-9)6-5-12(17)18/h7-8,10-11,14,16H,1-6H2,(H,17,18)/t10-,11-/m1/s1. The van der Waals surface area contributed by atoms with Gasteiger partial charge in [0.2, 0.25) is 10.0 Å². The van der Waals surface area contributed by atoms with E-state index in [2.05, 4.69) is 9.82 Å². The molecule has 2 rings (SSSR count). The molecule has 1 aromatic rings. The molecule has 1 heterocycles. The number of sulfonamides is 1. The predicted octanol–water partition coefficient (Wildman–Crippen LogP) is -0.0604. The van der Waals surface area contributed by atoms with Crippen LogP contribution in [-0.2, 0) is 21.4 Å². The van der Waals surface area contributed by atoms with E-state index in [9.17, 15) is 18.3 Å². The molecule has 0 amide bonds. The largest absolute Gasteiger partial charge is 0.481 e. The molecular formula is C12H19N3O5S. The van der Waals surface area contributed by atoms with Crippen molar-refractivity contribution in [3.63, 3.8) is 0 Å². The second-order valence-electron chi connectivity index (χ2n) is 5.16. The number of hydrogen-bond donors (Lipinski definition) is 3. The minimum atomic E-state index is -3.75. The Labute approximate surface area is 122 Å². The number of aliphatic carboxylic acids is 1. The Kier molecular flexibility index (Phi) is 4.96. The van der Waals surface area contributed by atoms with Crippen molar-refractivity contribution in [3.8, 4) is 0 Å². The van der Waals surface area contributed by atoms with Gasteiger partial charge < -0.3 is 10.2 Å². The molecule has 1 aliphatic carbocycles. The smallest absolute Gasteiger partial charge is 0.305 e. The Morgan fingerprint density at radius 1 is 1.43 bits per heavy atom. The van der Waals surface area contributed by atoms with Gasteiger partial charge in [-0.3, -0.25) is 9.48 Å². The molecule has 1 fully saturated rings. The Morgan fingerprint density at radius 3 is 2.81 bits per heavy atom. The highest BCUT2D eigenvalue weighted by Gasteiger charge is 2.28. The summed E-state index contributed by atoms with van der Waals surface area (Å²) in [5.41, 5.74) is 0. The molecule has 0 unspecified atom stereocenters. The van der Waals surface area contributed by atoms with Crippen molar-refractivity contribution in [2.24, 2.45) is 0 Å². The van der Waals surface area contributed by atoms with Crippen LogP contribution in [-0.4, -0.2) is 46.5 Å². The van der Waals surface area contributed by atoms with Gasteiger partial charge in [0.05, 0.1) is 25.3 Å². The molecule has 9 heteroatoms. The number of carboxylic acid groups (broad SMARTS) is 1. The summed E-state index contributed by atoms with van der Waals surface area (Å²) in [4.78, 5) is 10.5. The second kappa shape index (κ2) is 6.54. The zero-order valence-corrected chi connectivity index (χ0v) is 12.3. The van der Waals surface area contributed by atoms with Crippen molar-refractivity contribution in [1.29, 1.82) is 0 Å². The number of carbonyl (C=O) groups is 1. The maximum absolute atomic E-state index is 12.2. The first-order valence-corrected chi connectivity index (χ1v) is 8.31. The van der Waals surface area contributed by atoms with Gasteiger partial charge in [-0.05, 0) is 12.8 Å². The summed E-state index contributed by atoms with van der Waals surface area (Å²) in [6.07, 6.45) is 4.64. The molecule has 0 aliphatic heterocycles. The van der Waals surface area contributed by atoms with Gasteiger partial charge in [0, 0.05) is 12.2 Å². The Balaban J connectivity index is 2.03. The highest BCUT2D eigenvalue weighted by molar-refractivity contribution is 7.89. The first-order valence-electron chi connectivity index (χ1n) is 6.83. The summed E-state index contributed by atoms with van der Waals surface area (Å²) in [6.45, 7) is 0.108. The Hall–Kier alpha value is -1.45. The lowest BCUT2D eigenvalue weighted by Gasteiger charge is -2.27. The number of aromatic nitrogens is 2. The SMILES string of the molecule is O=C(O)CCn1cc(S(=O)(=O)N[C@@H]2CCCC[C@H]2O)cn1. The van der Waals surface area contributed by atoms with Crippen LogP contribution in [0.5, 0.6) is 0 Å². The van der Waals surface area contributed by atoms with Gasteiger partial charge in [0.1, 0.15) is 4.90 Å². The normalized spacial score (nSPS) is 23.1. The van der Waals surface area contributed by atoms with Gasteiger partial charge in [0.25, 0.3) is 0 Å². The van der Waals surface area contributed by atoms with Gasteiger partial charge >= 0.3 is 5.97 Å². The number of carboxylic acids is 1. The third-order valence-corrected chi connectivity index (χ3v) is 4.96. The van der Waals surface area contributed by atoms with E-state index in [1.165, 1.54) is 17.1 Å². The first kappa shape index (κ1) is 15.9. The highest BCUT2D eigenvalue weighted by atomic mass is 32.2. The van der Waals surface area contributed by atoms with E-state index in [-0.39, 0.29) is 17.9 Å². The van der Waals surface area contributed by atoms with Crippen LogP contribution in [0, 0.1) is 0 Å². The maximum Gasteiger partial charge on any atom is 0.305 e. The van der Waals surface area contributed by atoms with E-state index in [1.54, 1.807) is 0 Å². The minimum Gasteiger partial charge on any atom is -0.481 e. The maximum atomic E-state index is 12.2. The van der Waals surface area contributed by atoms with Crippen molar-refractivity contribution < 1.29 is 23.4 Å². The number of aryl methyl sites for hydroxylation is 1. The lowest BCUT2D eigenvalue weighted by Crippen LogP contribution is -2.44. The average molecular weight is 317 g/mol. The van der Waals surface area contributed by atoms with E-state index < -0.39 is 28.1 Å². The predicted molar refractivity (Wildman–Crippen MR) is 73.1 cm³/mol. The van der Waals surface area contributed by atoms with E-state index in [0.29, 0.717) is 12.8 Å². The summed E-state index contributed by atoms with van der Waals surface area (Å²) < 4.78 is 28.2. The summed E-state index contributed by atoms with van der Waals surface area (Å²) in [5.74, 6) is -0.974. The van der Waals surface area contributed by atoms with Crippen LogP contribution in [0.25, 0.3) is 0 Å². The Bertz CT molecular complexity index is 598. The highest BCUT2D eigenvalue weighted by Crippen LogP contribution is 2.20. The van der Waals surface area contributed by atoms with E-state index >= 15 is 0 Å². The van der Waals surface area contributed by atoms with Crippen LogP contribution < -0.4 is 4.72 Å². The van der Waals surface area contributed by atoms with Gasteiger partial charge in [-0.2, -0.15) is 5.10 Å². The monoisotopic (exact) mass is 317 g/mol. The molecule has 8 nitrogen and oxygen atoms in total. The van der Waals surface area contributed by atoms with Crippen molar-refractivity contribution >= 4 is 16.0 Å². The molecule has 1 saturated carbocycles. The molecule has 0 saturated heterocycles. The lowest BCUT2D eigenvalue weighted by molar-refractivity contribution is -0.137. The molecule has 3 N–H and O–H groups in total. The molecule has 1 aliphatic rings. The van der Waals surface area contributed by atoms with Crippen molar-refractivity contribution in [2.45, 2.75) is 55.7 Å². The van der Waals surface area contributed by atoms with Gasteiger partial charge in [-0.25, -0.2) is 13.1 Å². The molecule has 1 aromatic heterocycles. The zero-order chi connectivity index (χ0) is 15.5. The van der Waals surface area contributed by atoms with Gasteiger partial charge in [-0.1, -0.05) is 12.8 Å². The summed E-state index contributed by atoms with van der Waals surface area (Å²) in [6, 6.07) is -0.480. The molecule has 0 bridgehead atoms. The Morgan fingerprint density at radius 2 is 2.14 bits per heavy atom. The number of nitrogens with one attached hydrogen (secondary N) is 1. The molecule has 118 valence electrons. The topological polar surface area (TPSA) is 122 Å². The minimum absolute atomic E-state index is 0.0225. The molecule has 2 atom stereocenters. The average Bonchev–Trinajstić information content (AvgIpc) is 2.88. The fourth-order valence-electron chi connectivity index (χ4n) is 2.33. The van der Waals surface area contributed by atoms with Crippen LogP contribution >= 0.6 is 0 Å². The zero-order valence-electron chi connectivity index (χ0n) is 11.5. The number of aliphatic hydroxyl groups excluding tert-OH is 1. The van der Waals surface area contributed by atoms with Crippen LogP contribution in [0.3, 0.4) is 0 Å². The third-order valence-electron chi connectivity index (χ3n) is 3.51. The fraction of sp³-hybridized carbons (Fsp3) is 0.667. The van der Waals surface area contributed by atoms with Crippen molar-refractivity contribution in [1.82, 2.24) is 14.5 Å². The molecule has 0 aromatic carbocycles. The van der Waals surface area contributed by atoms with E-state index in [0.717, 1.165) is 12.8 Å². The molecular weight excluding hydrogens is 298 g/mol. The van der Waals surface area contributed by atoms with Gasteiger partial charge in [-0.15, -0.1) is 0 Å².